The zero-order chi connectivity index (χ0) is 28.7. The number of sulfonamides is 1. The highest BCUT2D eigenvalue weighted by atomic mass is 32.2. The number of carbonyl (C=O) groups excluding carboxylic acids is 1. The average molecular weight is 593 g/mol. The number of hydrogen-bond acceptors (Lipinski definition) is 12. The average Bonchev–Trinajstić information content (AvgIpc) is 3.58. The van der Waals surface area contributed by atoms with Gasteiger partial charge in [-0.2, -0.15) is 4.31 Å². The number of oxime groups is 1. The summed E-state index contributed by atoms with van der Waals surface area (Å²) in [5.74, 6) is -0.126. The maximum absolute atomic E-state index is 13.4. The third-order valence-electron chi connectivity index (χ3n) is 5.89. The normalized spacial score (nSPS) is 16.1. The number of fused-ring (bicyclic) bond motifs is 1. The minimum Gasteiger partial charge on any atom is -0.476 e. The number of nitrogens with zero attached hydrogens (tertiary/aromatic N) is 5. The number of amides is 1. The van der Waals surface area contributed by atoms with Gasteiger partial charge < -0.3 is 24.3 Å². The van der Waals surface area contributed by atoms with E-state index in [1.807, 2.05) is 19.0 Å². The summed E-state index contributed by atoms with van der Waals surface area (Å²) in [6.07, 6.45) is 0.335. The van der Waals surface area contributed by atoms with Crippen molar-refractivity contribution in [3.8, 4) is 5.88 Å². The molecule has 0 spiro atoms. The van der Waals surface area contributed by atoms with Crippen LogP contribution in [0.3, 0.4) is 0 Å². The van der Waals surface area contributed by atoms with Gasteiger partial charge in [0.2, 0.25) is 15.9 Å². The standard InChI is InChI=1S/C25H32N6O7S2/c1-30(2)12-15-37-21-9-8-20-24(27-21)39-25(26-20)28-23(33)22(29-38-18-10-14-36-16-18)17-4-6-19(7-5-17)40(34,35)31(3)11-13-32/h4-9,18,32H,10-16H2,1-3H3,(H,26,28,33)/b29-22+/t18-/m1/s1. The number of carbonyl (C=O) groups is 1. The Balaban J connectivity index is 1.54. The molecule has 1 amide bonds. The van der Waals surface area contributed by atoms with Crippen molar-refractivity contribution in [2.45, 2.75) is 17.4 Å². The molecule has 1 saturated heterocycles. The number of pyridine rings is 1. The van der Waals surface area contributed by atoms with Gasteiger partial charge >= 0.3 is 0 Å². The molecule has 0 aliphatic carbocycles. The van der Waals surface area contributed by atoms with Crippen molar-refractivity contribution in [1.29, 1.82) is 0 Å². The van der Waals surface area contributed by atoms with Crippen LogP contribution in [0.2, 0.25) is 0 Å². The van der Waals surface area contributed by atoms with Crippen molar-refractivity contribution < 1.29 is 32.6 Å². The van der Waals surface area contributed by atoms with Gasteiger partial charge in [-0.3, -0.25) is 10.1 Å². The van der Waals surface area contributed by atoms with Crippen LogP contribution in [0.25, 0.3) is 10.3 Å². The lowest BCUT2D eigenvalue weighted by Gasteiger charge is -2.16. The molecule has 0 unspecified atom stereocenters. The highest BCUT2D eigenvalue weighted by Crippen LogP contribution is 2.27. The van der Waals surface area contributed by atoms with Crippen LogP contribution in [-0.2, 0) is 24.4 Å². The molecular formula is C25H32N6O7S2. The summed E-state index contributed by atoms with van der Waals surface area (Å²) >= 11 is 1.18. The van der Waals surface area contributed by atoms with E-state index in [4.69, 9.17) is 19.4 Å². The molecule has 1 aliphatic rings. The number of anilines is 1. The molecule has 0 radical (unpaired) electrons. The van der Waals surface area contributed by atoms with Crippen molar-refractivity contribution in [3.05, 3.63) is 42.0 Å². The molecule has 216 valence electrons. The Morgan fingerprint density at radius 1 is 1.18 bits per heavy atom. The number of benzene rings is 1. The van der Waals surface area contributed by atoms with Crippen molar-refractivity contribution in [2.24, 2.45) is 5.16 Å². The van der Waals surface area contributed by atoms with Crippen LogP contribution in [0.1, 0.15) is 12.0 Å². The van der Waals surface area contributed by atoms with Crippen LogP contribution in [0.15, 0.2) is 46.4 Å². The minimum absolute atomic E-state index is 0.0120. The predicted molar refractivity (Wildman–Crippen MR) is 150 cm³/mol. The van der Waals surface area contributed by atoms with Crippen LogP contribution >= 0.6 is 11.3 Å². The molecule has 40 heavy (non-hydrogen) atoms. The van der Waals surface area contributed by atoms with E-state index < -0.39 is 15.9 Å². The van der Waals surface area contributed by atoms with Crippen molar-refractivity contribution in [2.75, 3.05) is 66.0 Å². The van der Waals surface area contributed by atoms with Gasteiger partial charge in [0.1, 0.15) is 17.0 Å². The first-order valence-corrected chi connectivity index (χ1v) is 14.8. The van der Waals surface area contributed by atoms with Crippen LogP contribution in [0.4, 0.5) is 5.13 Å². The number of rotatable bonds is 13. The van der Waals surface area contributed by atoms with Crippen LogP contribution in [0.5, 0.6) is 5.88 Å². The number of ether oxygens (including phenoxy) is 2. The smallest absolute Gasteiger partial charge is 0.280 e. The molecule has 1 fully saturated rings. The number of thiazole rings is 1. The molecule has 3 aromatic rings. The molecule has 2 aromatic heterocycles. The quantitative estimate of drug-likeness (QED) is 0.220. The number of aromatic nitrogens is 2. The molecule has 1 aromatic carbocycles. The number of hydrogen-bond donors (Lipinski definition) is 2. The summed E-state index contributed by atoms with van der Waals surface area (Å²) < 4.78 is 37.5. The Labute approximate surface area is 236 Å². The molecule has 0 saturated carbocycles. The highest BCUT2D eigenvalue weighted by molar-refractivity contribution is 7.89. The molecule has 15 heteroatoms. The zero-order valence-corrected chi connectivity index (χ0v) is 24.1. The molecule has 4 rings (SSSR count). The van der Waals surface area contributed by atoms with E-state index in [0.717, 1.165) is 10.8 Å². The molecule has 0 bridgehead atoms. The number of aliphatic hydroxyl groups is 1. The fraction of sp³-hybridized carbons (Fsp3) is 0.440. The Kier molecular flexibility index (Phi) is 9.99. The van der Waals surface area contributed by atoms with Gasteiger partial charge in [0.15, 0.2) is 16.9 Å². The third kappa shape index (κ3) is 7.50. The van der Waals surface area contributed by atoms with Gasteiger partial charge in [-0.15, -0.1) is 0 Å². The van der Waals surface area contributed by atoms with Crippen LogP contribution in [-0.4, -0.2) is 111 Å². The zero-order valence-electron chi connectivity index (χ0n) is 22.4. The minimum atomic E-state index is -3.81. The van der Waals surface area contributed by atoms with E-state index in [1.54, 1.807) is 12.1 Å². The fourth-order valence-electron chi connectivity index (χ4n) is 3.60. The highest BCUT2D eigenvalue weighted by Gasteiger charge is 2.24. The number of nitrogens with one attached hydrogen (secondary N) is 1. The monoisotopic (exact) mass is 592 g/mol. The maximum atomic E-state index is 13.4. The molecular weight excluding hydrogens is 560 g/mol. The van der Waals surface area contributed by atoms with Crippen molar-refractivity contribution in [1.82, 2.24) is 19.2 Å². The summed E-state index contributed by atoms with van der Waals surface area (Å²) in [5.41, 5.74) is 0.884. The number of likely N-dealkylation sites (N-methyl/N-ethyl adjacent to an activating group) is 2. The third-order valence-corrected chi connectivity index (χ3v) is 8.64. The van der Waals surface area contributed by atoms with Gasteiger partial charge in [-0.1, -0.05) is 28.6 Å². The van der Waals surface area contributed by atoms with Gasteiger partial charge in [0, 0.05) is 38.2 Å². The van der Waals surface area contributed by atoms with E-state index >= 15 is 0 Å². The molecule has 3 heterocycles. The van der Waals surface area contributed by atoms with Crippen molar-refractivity contribution in [3.63, 3.8) is 0 Å². The van der Waals surface area contributed by atoms with E-state index in [1.165, 1.54) is 42.6 Å². The van der Waals surface area contributed by atoms with Gasteiger partial charge in [-0.05, 0) is 32.3 Å². The molecule has 1 aliphatic heterocycles. The predicted octanol–water partition coefficient (Wildman–Crippen LogP) is 1.39. The van der Waals surface area contributed by atoms with Crippen LogP contribution in [0, 0.1) is 0 Å². The van der Waals surface area contributed by atoms with Gasteiger partial charge in [0.05, 0.1) is 24.7 Å². The largest absolute Gasteiger partial charge is 0.476 e. The summed E-state index contributed by atoms with van der Waals surface area (Å²) in [4.78, 5) is 30.4. The van der Waals surface area contributed by atoms with E-state index in [2.05, 4.69) is 20.4 Å². The Hall–Kier alpha value is -3.21. The van der Waals surface area contributed by atoms with Gasteiger partial charge in [-0.25, -0.2) is 18.4 Å². The Morgan fingerprint density at radius 3 is 2.62 bits per heavy atom. The Morgan fingerprint density at radius 2 is 1.95 bits per heavy atom. The topological polar surface area (TPSA) is 156 Å². The van der Waals surface area contributed by atoms with Crippen LogP contribution < -0.4 is 10.1 Å². The summed E-state index contributed by atoms with van der Waals surface area (Å²) in [7, 11) is 1.48. The summed E-state index contributed by atoms with van der Waals surface area (Å²) in [6, 6.07) is 9.19. The first-order valence-electron chi connectivity index (χ1n) is 12.5. The molecule has 2 N–H and O–H groups in total. The first-order chi connectivity index (χ1) is 19.2. The van der Waals surface area contributed by atoms with E-state index in [0.29, 0.717) is 53.2 Å². The molecule has 13 nitrogen and oxygen atoms in total. The number of aliphatic hydroxyl groups excluding tert-OH is 1. The van der Waals surface area contributed by atoms with Crippen molar-refractivity contribution >= 4 is 48.5 Å². The second kappa shape index (κ2) is 13.4. The summed E-state index contributed by atoms with van der Waals surface area (Å²) in [5, 5.41) is 16.3. The second-order valence-corrected chi connectivity index (χ2v) is 12.2. The Bertz CT molecular complexity index is 1440. The van der Waals surface area contributed by atoms with E-state index in [-0.39, 0.29) is 29.9 Å². The lowest BCUT2D eigenvalue weighted by molar-refractivity contribution is -0.110. The SMILES string of the molecule is CN(C)CCOc1ccc2nc(NC(=O)/C(=N/O[C@@H]3CCOC3)c3ccc(S(=O)(=O)N(C)CCO)cc3)sc2n1. The summed E-state index contributed by atoms with van der Waals surface area (Å²) in [6.45, 7) is 1.77. The molecule has 1 atom stereocenters. The lowest BCUT2D eigenvalue weighted by atomic mass is 10.1. The van der Waals surface area contributed by atoms with Gasteiger partial charge in [0.25, 0.3) is 5.91 Å². The second-order valence-electron chi connectivity index (χ2n) is 9.20. The van der Waals surface area contributed by atoms with E-state index in [9.17, 15) is 13.2 Å². The maximum Gasteiger partial charge on any atom is 0.280 e. The lowest BCUT2D eigenvalue weighted by Crippen LogP contribution is -2.29. The fourth-order valence-corrected chi connectivity index (χ4v) is 5.58. The first kappa shape index (κ1) is 29.8.